The molecule has 0 aliphatic rings. The third-order valence-corrected chi connectivity index (χ3v) is 7.46. The van der Waals surface area contributed by atoms with Crippen LogP contribution in [0.5, 0.6) is 0 Å². The van der Waals surface area contributed by atoms with Crippen molar-refractivity contribution < 1.29 is 13.0 Å². The number of benzene rings is 1. The highest BCUT2D eigenvalue weighted by molar-refractivity contribution is 7.91. The molecule has 0 saturated heterocycles. The van der Waals surface area contributed by atoms with Crippen LogP contribution in [-0.4, -0.2) is 17.8 Å². The largest absolute Gasteiger partial charge is 0.317 e. The lowest BCUT2D eigenvalue weighted by Crippen LogP contribution is -2.41. The third kappa shape index (κ3) is 3.75. The molecule has 1 aromatic carbocycles. The second kappa shape index (κ2) is 8.35. The summed E-state index contributed by atoms with van der Waals surface area (Å²) in [5.74, 6) is 0.0949. The van der Waals surface area contributed by atoms with Crippen molar-refractivity contribution in [2.75, 3.05) is 5.73 Å². The number of anilines is 1. The number of rotatable bonds is 6. The van der Waals surface area contributed by atoms with Crippen molar-refractivity contribution >= 4 is 32.3 Å². The van der Waals surface area contributed by atoms with Crippen molar-refractivity contribution in [1.29, 1.82) is 0 Å². The zero-order valence-electron chi connectivity index (χ0n) is 18.5. The molecule has 0 aliphatic carbocycles. The normalized spacial score (nSPS) is 12.0. The number of aromatic nitrogens is 3. The molecule has 3 heterocycles. The zero-order chi connectivity index (χ0) is 23.0. The van der Waals surface area contributed by atoms with E-state index in [0.29, 0.717) is 17.8 Å². The first-order chi connectivity index (χ1) is 15.2. The van der Waals surface area contributed by atoms with E-state index in [1.54, 1.807) is 41.1 Å². The molecule has 0 bridgehead atoms. The Hall–Kier alpha value is -3.26. The molecule has 4 rings (SSSR count). The third-order valence-electron chi connectivity index (χ3n) is 5.67. The highest BCUT2D eigenvalue weighted by atomic mass is 32.2. The number of unbranched alkanes of at least 4 members (excludes halogenated alkanes) is 2. The lowest BCUT2D eigenvalue weighted by atomic mass is 10.2. The molecule has 7 nitrogen and oxygen atoms in total. The van der Waals surface area contributed by atoms with Crippen LogP contribution >= 0.6 is 0 Å². The molecule has 2 N–H and O–H groups in total. The van der Waals surface area contributed by atoms with Gasteiger partial charge in [-0.3, -0.25) is 9.20 Å². The Bertz CT molecular complexity index is 1490. The summed E-state index contributed by atoms with van der Waals surface area (Å²) in [7, 11) is -3.93. The number of aryl methyl sites for hydroxylation is 3. The van der Waals surface area contributed by atoms with Crippen molar-refractivity contribution in [2.24, 2.45) is 0 Å². The van der Waals surface area contributed by atoms with E-state index in [-0.39, 0.29) is 26.6 Å². The van der Waals surface area contributed by atoms with Gasteiger partial charge in [0.1, 0.15) is 10.3 Å². The first-order valence-corrected chi connectivity index (χ1v) is 12.2. The molecule has 0 saturated carbocycles. The lowest BCUT2D eigenvalue weighted by Gasteiger charge is -2.13. The Morgan fingerprint density at radius 3 is 2.41 bits per heavy atom. The molecule has 0 atom stereocenters. The van der Waals surface area contributed by atoms with Crippen LogP contribution in [0.25, 0.3) is 16.7 Å². The van der Waals surface area contributed by atoms with E-state index in [0.717, 1.165) is 30.4 Å². The van der Waals surface area contributed by atoms with Crippen LogP contribution in [-0.2, 0) is 16.4 Å². The van der Waals surface area contributed by atoms with Gasteiger partial charge in [0.2, 0.25) is 21.3 Å². The average Bonchev–Trinajstić information content (AvgIpc) is 2.76. The van der Waals surface area contributed by atoms with Gasteiger partial charge in [0, 0.05) is 6.20 Å². The van der Waals surface area contributed by atoms with Crippen LogP contribution in [0.1, 0.15) is 37.3 Å². The molecule has 32 heavy (non-hydrogen) atoms. The van der Waals surface area contributed by atoms with Gasteiger partial charge < -0.3 is 5.73 Å². The van der Waals surface area contributed by atoms with Crippen LogP contribution in [0.4, 0.5) is 5.82 Å². The van der Waals surface area contributed by atoms with Crippen molar-refractivity contribution in [3.8, 4) is 0 Å². The second-order valence-corrected chi connectivity index (χ2v) is 10.1. The van der Waals surface area contributed by atoms with Crippen molar-refractivity contribution in [1.82, 2.24) is 9.38 Å². The number of sulfone groups is 1. The van der Waals surface area contributed by atoms with Crippen molar-refractivity contribution in [3.63, 3.8) is 0 Å². The molecule has 0 amide bonds. The van der Waals surface area contributed by atoms with E-state index in [1.807, 2.05) is 19.9 Å². The first kappa shape index (κ1) is 22.0. The van der Waals surface area contributed by atoms with E-state index in [2.05, 4.69) is 11.9 Å². The molecule has 4 aromatic rings. The molecule has 0 radical (unpaired) electrons. The first-order valence-electron chi connectivity index (χ1n) is 10.7. The minimum Gasteiger partial charge on any atom is -0.317 e. The highest BCUT2D eigenvalue weighted by Crippen LogP contribution is 2.26. The van der Waals surface area contributed by atoms with E-state index in [4.69, 9.17) is 5.73 Å². The quantitative estimate of drug-likeness (QED) is 0.275. The van der Waals surface area contributed by atoms with Crippen LogP contribution in [0.3, 0.4) is 0 Å². The smallest absolute Gasteiger partial charge is 0.278 e. The maximum Gasteiger partial charge on any atom is 0.278 e. The summed E-state index contributed by atoms with van der Waals surface area (Å²) in [5, 5.41) is 0.226. The highest BCUT2D eigenvalue weighted by Gasteiger charge is 2.29. The second-order valence-electron chi connectivity index (χ2n) is 8.16. The summed E-state index contributed by atoms with van der Waals surface area (Å²) in [6.07, 6.45) is 4.45. The Labute approximate surface area is 187 Å². The van der Waals surface area contributed by atoms with Gasteiger partial charge in [0.05, 0.1) is 11.4 Å². The fourth-order valence-corrected chi connectivity index (χ4v) is 5.24. The molecule has 0 aliphatic heterocycles. The van der Waals surface area contributed by atoms with E-state index in [9.17, 15) is 13.2 Å². The fraction of sp³-hybridized carbons (Fsp3) is 0.292. The number of fused-ring (bicyclic) bond motifs is 2. The number of hydrogen-bond acceptors (Lipinski definition) is 5. The van der Waals surface area contributed by atoms with Gasteiger partial charge in [-0.2, -0.15) is 0 Å². The minimum absolute atomic E-state index is 0.0724. The predicted molar refractivity (Wildman–Crippen MR) is 124 cm³/mol. The van der Waals surface area contributed by atoms with Gasteiger partial charge in [-0.25, -0.2) is 13.0 Å². The van der Waals surface area contributed by atoms with Crippen LogP contribution in [0, 0.1) is 13.8 Å². The minimum atomic E-state index is -3.93. The molecule has 166 valence electrons. The van der Waals surface area contributed by atoms with Crippen LogP contribution in [0.2, 0.25) is 0 Å². The summed E-state index contributed by atoms with van der Waals surface area (Å²) in [4.78, 5) is 18.1. The SMILES string of the molecule is CCCCC[n+]1c(N)c(S(=O)(=O)c2ccc(C)cc2)cc2c(=O)n3cc(C)ccc3nc21. The number of pyridine rings is 2. The van der Waals surface area contributed by atoms with E-state index < -0.39 is 9.84 Å². The summed E-state index contributed by atoms with van der Waals surface area (Å²) >= 11 is 0. The summed E-state index contributed by atoms with van der Waals surface area (Å²) in [5.41, 5.74) is 8.86. The maximum atomic E-state index is 13.5. The van der Waals surface area contributed by atoms with Gasteiger partial charge >= 0.3 is 0 Å². The molecular weight excluding hydrogens is 424 g/mol. The van der Waals surface area contributed by atoms with Crippen LogP contribution in [0.15, 0.2) is 63.2 Å². The van der Waals surface area contributed by atoms with Gasteiger partial charge in [-0.05, 0) is 50.1 Å². The predicted octanol–water partition coefficient (Wildman–Crippen LogP) is 3.36. The van der Waals surface area contributed by atoms with Crippen molar-refractivity contribution in [3.05, 3.63) is 70.1 Å². The molecule has 8 heteroatoms. The molecule has 0 unspecified atom stereocenters. The van der Waals surface area contributed by atoms with E-state index >= 15 is 0 Å². The van der Waals surface area contributed by atoms with Crippen LogP contribution < -0.4 is 15.9 Å². The molecule has 3 aromatic heterocycles. The average molecular weight is 452 g/mol. The Balaban J connectivity index is 2.06. The molecular formula is C24H27N4O3S+. The summed E-state index contributed by atoms with van der Waals surface area (Å²) < 4.78 is 30.1. The van der Waals surface area contributed by atoms with Gasteiger partial charge in [-0.1, -0.05) is 48.5 Å². The number of nitrogens with two attached hydrogens (primary N) is 1. The Morgan fingerprint density at radius 1 is 1.03 bits per heavy atom. The van der Waals surface area contributed by atoms with Gasteiger partial charge in [-0.15, -0.1) is 0 Å². The Kier molecular flexibility index (Phi) is 5.73. The molecule has 0 spiro atoms. The number of hydrogen-bond donors (Lipinski definition) is 1. The van der Waals surface area contributed by atoms with Gasteiger partial charge in [0.15, 0.2) is 0 Å². The monoisotopic (exact) mass is 451 g/mol. The topological polar surface area (TPSA) is 98.4 Å². The standard InChI is InChI=1S/C24H26N4O3S/c1-4-5-6-13-27-22(25)20(32(30,31)18-10-7-16(2)8-11-18)14-19-23(27)26-21-12-9-17(3)15-28(21)24(19)29/h7-12,14-15,25H,4-6,13H2,1-3H3/p+1. The zero-order valence-corrected chi connectivity index (χ0v) is 19.3. The number of nitrogen functional groups attached to an aromatic ring is 1. The number of nitrogens with zero attached hydrogens (tertiary/aromatic N) is 3. The van der Waals surface area contributed by atoms with Gasteiger partial charge in [0.25, 0.3) is 11.2 Å². The molecule has 0 fully saturated rings. The summed E-state index contributed by atoms with van der Waals surface area (Å²) in [6.45, 7) is 6.34. The summed E-state index contributed by atoms with van der Waals surface area (Å²) in [6, 6.07) is 11.6. The maximum absolute atomic E-state index is 13.5. The Morgan fingerprint density at radius 2 is 1.72 bits per heavy atom. The lowest BCUT2D eigenvalue weighted by molar-refractivity contribution is -0.660. The van der Waals surface area contributed by atoms with E-state index in [1.165, 1.54) is 10.5 Å². The van der Waals surface area contributed by atoms with Crippen molar-refractivity contribution in [2.45, 2.75) is 56.4 Å². The fourth-order valence-electron chi connectivity index (χ4n) is 3.84.